The van der Waals surface area contributed by atoms with Gasteiger partial charge in [0.15, 0.2) is 0 Å². The fourth-order valence-corrected chi connectivity index (χ4v) is 2.21. The van der Waals surface area contributed by atoms with E-state index in [2.05, 4.69) is 42.3 Å². The van der Waals surface area contributed by atoms with Crippen molar-refractivity contribution in [3.05, 3.63) is 36.0 Å². The monoisotopic (exact) mass is 272 g/mol. The molecular formula is C16H20N2O2. The van der Waals surface area contributed by atoms with Crippen molar-refractivity contribution in [2.24, 2.45) is 0 Å². The van der Waals surface area contributed by atoms with Gasteiger partial charge in [-0.1, -0.05) is 32.0 Å². The van der Waals surface area contributed by atoms with E-state index in [1.54, 1.807) is 0 Å². The SMILES string of the molecule is CC(C)NCc1cnc(OC2COC2)c2ccccc12. The molecule has 0 unspecified atom stereocenters. The van der Waals surface area contributed by atoms with E-state index in [-0.39, 0.29) is 6.10 Å². The van der Waals surface area contributed by atoms with Crippen molar-refractivity contribution >= 4 is 10.8 Å². The average Bonchev–Trinajstić information content (AvgIpc) is 2.41. The van der Waals surface area contributed by atoms with Gasteiger partial charge in [0, 0.05) is 24.2 Å². The lowest BCUT2D eigenvalue weighted by Crippen LogP contribution is -2.38. The first-order valence-electron chi connectivity index (χ1n) is 7.08. The summed E-state index contributed by atoms with van der Waals surface area (Å²) in [6.45, 7) is 6.42. The van der Waals surface area contributed by atoms with Crippen LogP contribution in [0.4, 0.5) is 0 Å². The standard InChI is InChI=1S/C16H20N2O2/c1-11(2)17-7-12-8-18-16(20-13-9-19-10-13)15-6-4-3-5-14(12)15/h3-6,8,11,13,17H,7,9-10H2,1-2H3. The smallest absolute Gasteiger partial charge is 0.221 e. The second-order valence-electron chi connectivity index (χ2n) is 5.45. The molecule has 1 saturated heterocycles. The molecule has 1 fully saturated rings. The molecule has 0 radical (unpaired) electrons. The van der Waals surface area contributed by atoms with Gasteiger partial charge >= 0.3 is 0 Å². The molecule has 0 bridgehead atoms. The summed E-state index contributed by atoms with van der Waals surface area (Å²) >= 11 is 0. The van der Waals surface area contributed by atoms with Crippen LogP contribution in [0, 0.1) is 0 Å². The van der Waals surface area contributed by atoms with Gasteiger partial charge in [0.25, 0.3) is 0 Å². The lowest BCUT2D eigenvalue weighted by atomic mass is 10.1. The minimum atomic E-state index is 0.144. The molecule has 2 aromatic rings. The third kappa shape index (κ3) is 2.76. The van der Waals surface area contributed by atoms with Crippen LogP contribution < -0.4 is 10.1 Å². The van der Waals surface area contributed by atoms with Crippen LogP contribution in [0.3, 0.4) is 0 Å². The van der Waals surface area contributed by atoms with Gasteiger partial charge in [-0.15, -0.1) is 0 Å². The number of fused-ring (bicyclic) bond motifs is 1. The van der Waals surface area contributed by atoms with Crippen molar-refractivity contribution in [2.45, 2.75) is 32.5 Å². The minimum Gasteiger partial charge on any atom is -0.469 e. The van der Waals surface area contributed by atoms with Crippen molar-refractivity contribution in [1.82, 2.24) is 10.3 Å². The number of rotatable bonds is 5. The van der Waals surface area contributed by atoms with Gasteiger partial charge in [-0.3, -0.25) is 0 Å². The zero-order valence-corrected chi connectivity index (χ0v) is 11.9. The fourth-order valence-electron chi connectivity index (χ4n) is 2.21. The fraction of sp³-hybridized carbons (Fsp3) is 0.438. The Morgan fingerprint density at radius 1 is 1.30 bits per heavy atom. The summed E-state index contributed by atoms with van der Waals surface area (Å²) in [7, 11) is 0. The average molecular weight is 272 g/mol. The quantitative estimate of drug-likeness (QED) is 0.908. The van der Waals surface area contributed by atoms with Gasteiger partial charge in [-0.25, -0.2) is 4.98 Å². The molecule has 2 heterocycles. The highest BCUT2D eigenvalue weighted by atomic mass is 16.6. The molecule has 20 heavy (non-hydrogen) atoms. The topological polar surface area (TPSA) is 43.4 Å². The molecular weight excluding hydrogens is 252 g/mol. The maximum absolute atomic E-state index is 5.89. The summed E-state index contributed by atoms with van der Waals surface area (Å²) in [5, 5.41) is 5.71. The van der Waals surface area contributed by atoms with E-state index in [1.807, 2.05) is 12.3 Å². The van der Waals surface area contributed by atoms with Crippen molar-refractivity contribution in [3.8, 4) is 5.88 Å². The molecule has 4 nitrogen and oxygen atoms in total. The number of pyridine rings is 1. The van der Waals surface area contributed by atoms with Crippen LogP contribution >= 0.6 is 0 Å². The molecule has 4 heteroatoms. The molecule has 0 spiro atoms. The highest BCUT2D eigenvalue weighted by Crippen LogP contribution is 2.27. The Balaban J connectivity index is 1.91. The highest BCUT2D eigenvalue weighted by Gasteiger charge is 2.21. The summed E-state index contributed by atoms with van der Waals surface area (Å²) in [5.74, 6) is 0.710. The highest BCUT2D eigenvalue weighted by molar-refractivity contribution is 5.89. The van der Waals surface area contributed by atoms with Crippen molar-refractivity contribution < 1.29 is 9.47 Å². The van der Waals surface area contributed by atoms with E-state index >= 15 is 0 Å². The Kier molecular flexibility index (Phi) is 3.85. The molecule has 0 atom stereocenters. The molecule has 0 saturated carbocycles. The van der Waals surface area contributed by atoms with Crippen LogP contribution in [-0.2, 0) is 11.3 Å². The zero-order chi connectivity index (χ0) is 13.9. The number of nitrogens with one attached hydrogen (secondary N) is 1. The molecule has 106 valence electrons. The molecule has 1 aromatic carbocycles. The van der Waals surface area contributed by atoms with Crippen LogP contribution in [-0.4, -0.2) is 30.3 Å². The third-order valence-electron chi connectivity index (χ3n) is 3.43. The second-order valence-corrected chi connectivity index (χ2v) is 5.45. The Morgan fingerprint density at radius 2 is 2.05 bits per heavy atom. The summed E-state index contributed by atoms with van der Waals surface area (Å²) in [6.07, 6.45) is 2.05. The largest absolute Gasteiger partial charge is 0.469 e. The van der Waals surface area contributed by atoms with Gasteiger partial charge in [0.1, 0.15) is 6.10 Å². The molecule has 1 aliphatic rings. The molecule has 1 aliphatic heterocycles. The number of aromatic nitrogens is 1. The Morgan fingerprint density at radius 3 is 2.70 bits per heavy atom. The lowest BCUT2D eigenvalue weighted by Gasteiger charge is -2.26. The maximum atomic E-state index is 5.89. The summed E-state index contributed by atoms with van der Waals surface area (Å²) < 4.78 is 11.0. The predicted molar refractivity (Wildman–Crippen MR) is 79.0 cm³/mol. The van der Waals surface area contributed by atoms with E-state index in [9.17, 15) is 0 Å². The van der Waals surface area contributed by atoms with Crippen LogP contribution in [0.1, 0.15) is 19.4 Å². The third-order valence-corrected chi connectivity index (χ3v) is 3.43. The van der Waals surface area contributed by atoms with E-state index in [4.69, 9.17) is 9.47 Å². The molecule has 3 rings (SSSR count). The second kappa shape index (κ2) is 5.77. The van der Waals surface area contributed by atoms with Gasteiger partial charge in [0.05, 0.1) is 13.2 Å². The van der Waals surface area contributed by atoms with Crippen LogP contribution in [0.15, 0.2) is 30.5 Å². The maximum Gasteiger partial charge on any atom is 0.221 e. The molecule has 0 amide bonds. The van der Waals surface area contributed by atoms with Crippen molar-refractivity contribution in [1.29, 1.82) is 0 Å². The lowest BCUT2D eigenvalue weighted by molar-refractivity contribution is -0.0807. The number of hydrogen-bond acceptors (Lipinski definition) is 4. The van der Waals surface area contributed by atoms with E-state index in [1.165, 1.54) is 10.9 Å². The first-order chi connectivity index (χ1) is 9.74. The minimum absolute atomic E-state index is 0.144. The van der Waals surface area contributed by atoms with Gasteiger partial charge in [-0.05, 0) is 17.0 Å². The van der Waals surface area contributed by atoms with Crippen LogP contribution in [0.5, 0.6) is 5.88 Å². The molecule has 1 aromatic heterocycles. The molecule has 0 aliphatic carbocycles. The zero-order valence-electron chi connectivity index (χ0n) is 11.9. The van der Waals surface area contributed by atoms with Gasteiger partial charge < -0.3 is 14.8 Å². The predicted octanol–water partition coefficient (Wildman–Crippen LogP) is 2.51. The Labute approximate surface area is 119 Å². The van der Waals surface area contributed by atoms with Crippen molar-refractivity contribution in [3.63, 3.8) is 0 Å². The van der Waals surface area contributed by atoms with E-state index < -0.39 is 0 Å². The van der Waals surface area contributed by atoms with Crippen LogP contribution in [0.25, 0.3) is 10.8 Å². The number of hydrogen-bond donors (Lipinski definition) is 1. The number of nitrogens with zero attached hydrogens (tertiary/aromatic N) is 1. The van der Waals surface area contributed by atoms with Crippen molar-refractivity contribution in [2.75, 3.05) is 13.2 Å². The first-order valence-corrected chi connectivity index (χ1v) is 7.08. The van der Waals surface area contributed by atoms with E-state index in [0.29, 0.717) is 25.1 Å². The summed E-state index contributed by atoms with van der Waals surface area (Å²) in [6, 6.07) is 8.72. The Hall–Kier alpha value is -1.65. The summed E-state index contributed by atoms with van der Waals surface area (Å²) in [4.78, 5) is 4.49. The van der Waals surface area contributed by atoms with E-state index in [0.717, 1.165) is 11.9 Å². The van der Waals surface area contributed by atoms with Crippen LogP contribution in [0.2, 0.25) is 0 Å². The molecule has 1 N–H and O–H groups in total. The summed E-state index contributed by atoms with van der Waals surface area (Å²) in [5.41, 5.74) is 1.20. The number of benzene rings is 1. The first kappa shape index (κ1) is 13.3. The number of ether oxygens (including phenoxy) is 2. The Bertz CT molecular complexity index is 594. The normalized spacial score (nSPS) is 15.6. The van der Waals surface area contributed by atoms with Gasteiger partial charge in [-0.2, -0.15) is 0 Å². The van der Waals surface area contributed by atoms with Gasteiger partial charge in [0.2, 0.25) is 5.88 Å².